The van der Waals surface area contributed by atoms with Gasteiger partial charge in [0.2, 0.25) is 0 Å². The van der Waals surface area contributed by atoms with Gasteiger partial charge in [0, 0.05) is 42.0 Å². The lowest BCUT2D eigenvalue weighted by atomic mass is 10.0. The summed E-state index contributed by atoms with van der Waals surface area (Å²) >= 11 is 0. The third-order valence-corrected chi connectivity index (χ3v) is 7.49. The number of ether oxygens (including phenoxy) is 2. The van der Waals surface area contributed by atoms with E-state index < -0.39 is 11.7 Å². The molecule has 7 nitrogen and oxygen atoms in total. The minimum atomic E-state index is -4.45. The molecule has 0 bridgehead atoms. The summed E-state index contributed by atoms with van der Waals surface area (Å²) in [5.74, 6) is 0.312. The number of nitrogens with two attached hydrogens (primary N) is 1. The molecule has 3 N–H and O–H groups in total. The number of carbonyl (C=O) groups is 1. The van der Waals surface area contributed by atoms with Crippen LogP contribution in [0.5, 0.6) is 0 Å². The van der Waals surface area contributed by atoms with Crippen molar-refractivity contribution in [3.8, 4) is 33.9 Å². The highest BCUT2D eigenvalue weighted by Crippen LogP contribution is 2.38. The fraction of sp³-hybridized carbons (Fsp3) is 0.243. The van der Waals surface area contributed by atoms with Gasteiger partial charge >= 0.3 is 6.18 Å². The number of alkyl halides is 3. The third kappa shape index (κ3) is 8.94. The molecule has 1 aromatic heterocycles. The molecule has 0 fully saturated rings. The van der Waals surface area contributed by atoms with Crippen molar-refractivity contribution >= 4 is 5.91 Å². The number of imidazole rings is 1. The van der Waals surface area contributed by atoms with Gasteiger partial charge in [0.15, 0.2) is 0 Å². The van der Waals surface area contributed by atoms with E-state index in [9.17, 15) is 18.0 Å². The molecule has 1 heterocycles. The SMILES string of the molecule is NCCCOCCOCCNC(=O)c1ccc(Cn2c(-c3ccc(C(F)(F)F)cc3)nc(-c3ccccc3)c2-c2ccccc2)cc1. The van der Waals surface area contributed by atoms with Crippen molar-refractivity contribution in [1.29, 1.82) is 0 Å². The van der Waals surface area contributed by atoms with Crippen molar-refractivity contribution in [2.45, 2.75) is 19.1 Å². The maximum absolute atomic E-state index is 13.4. The summed E-state index contributed by atoms with van der Waals surface area (Å²) < 4.78 is 53.1. The van der Waals surface area contributed by atoms with Gasteiger partial charge in [-0.05, 0) is 42.8 Å². The first-order valence-corrected chi connectivity index (χ1v) is 15.5. The van der Waals surface area contributed by atoms with Gasteiger partial charge in [-0.25, -0.2) is 4.98 Å². The quantitative estimate of drug-likeness (QED) is 0.119. The number of amides is 1. The van der Waals surface area contributed by atoms with Crippen LogP contribution in [0, 0.1) is 0 Å². The van der Waals surface area contributed by atoms with Crippen molar-refractivity contribution in [2.75, 3.05) is 39.5 Å². The monoisotopic (exact) mass is 642 g/mol. The highest BCUT2D eigenvalue weighted by Gasteiger charge is 2.30. The Bertz CT molecular complexity index is 1710. The maximum atomic E-state index is 13.4. The molecule has 5 rings (SSSR count). The van der Waals surface area contributed by atoms with Crippen molar-refractivity contribution in [1.82, 2.24) is 14.9 Å². The van der Waals surface area contributed by atoms with Gasteiger partial charge in [-0.3, -0.25) is 4.79 Å². The van der Waals surface area contributed by atoms with Crippen LogP contribution in [0.2, 0.25) is 0 Å². The molecule has 4 aromatic carbocycles. The molecular weight excluding hydrogens is 605 g/mol. The molecule has 0 aliphatic heterocycles. The van der Waals surface area contributed by atoms with Gasteiger partial charge in [0.1, 0.15) is 5.82 Å². The Kier molecular flexibility index (Phi) is 11.6. The largest absolute Gasteiger partial charge is 0.416 e. The average Bonchev–Trinajstić information content (AvgIpc) is 3.47. The topological polar surface area (TPSA) is 91.4 Å². The first kappa shape index (κ1) is 33.6. The van der Waals surface area contributed by atoms with E-state index in [2.05, 4.69) is 5.32 Å². The lowest BCUT2D eigenvalue weighted by molar-refractivity contribution is -0.137. The maximum Gasteiger partial charge on any atom is 0.416 e. The van der Waals surface area contributed by atoms with Crippen LogP contribution in [-0.4, -0.2) is 55.0 Å². The smallest absolute Gasteiger partial charge is 0.379 e. The fourth-order valence-electron chi connectivity index (χ4n) is 5.11. The molecule has 244 valence electrons. The standard InChI is InChI=1S/C37H37F3N4O3/c38-37(39,40)32-18-16-30(17-19-32)35-43-33(28-8-3-1-4-9-28)34(29-10-5-2-6-11-29)44(35)26-27-12-14-31(15-13-27)36(45)42-21-23-47-25-24-46-22-7-20-41/h1-6,8-19H,7,20-26,41H2,(H,42,45). The highest BCUT2D eigenvalue weighted by atomic mass is 19.4. The molecule has 0 saturated carbocycles. The summed E-state index contributed by atoms with van der Waals surface area (Å²) in [6, 6.07) is 31.8. The number of halogens is 3. The lowest BCUT2D eigenvalue weighted by Gasteiger charge is -2.15. The second-order valence-electron chi connectivity index (χ2n) is 10.8. The van der Waals surface area contributed by atoms with E-state index in [4.69, 9.17) is 20.2 Å². The van der Waals surface area contributed by atoms with Crippen molar-refractivity contribution in [2.24, 2.45) is 5.73 Å². The van der Waals surface area contributed by atoms with E-state index in [0.29, 0.717) is 68.7 Å². The summed E-state index contributed by atoms with van der Waals surface area (Å²) in [5, 5.41) is 2.86. The first-order valence-electron chi connectivity index (χ1n) is 15.5. The Morgan fingerprint density at radius 3 is 1.98 bits per heavy atom. The summed E-state index contributed by atoms with van der Waals surface area (Å²) in [4.78, 5) is 17.8. The minimum absolute atomic E-state index is 0.219. The van der Waals surface area contributed by atoms with Gasteiger partial charge < -0.3 is 25.1 Å². The van der Waals surface area contributed by atoms with Gasteiger partial charge in [-0.2, -0.15) is 13.2 Å². The van der Waals surface area contributed by atoms with E-state index in [1.54, 1.807) is 12.1 Å². The number of hydrogen-bond acceptors (Lipinski definition) is 5. The van der Waals surface area contributed by atoms with Gasteiger partial charge in [0.25, 0.3) is 5.91 Å². The Labute approximate surface area is 272 Å². The van der Waals surface area contributed by atoms with Crippen LogP contribution in [0.1, 0.15) is 27.9 Å². The summed E-state index contributed by atoms with van der Waals surface area (Å²) in [5.41, 5.74) is 10.0. The van der Waals surface area contributed by atoms with Gasteiger partial charge in [-0.1, -0.05) is 84.9 Å². The minimum Gasteiger partial charge on any atom is -0.379 e. The number of hydrogen-bond donors (Lipinski definition) is 2. The normalized spacial score (nSPS) is 11.5. The van der Waals surface area contributed by atoms with Crippen molar-refractivity contribution < 1.29 is 27.4 Å². The van der Waals surface area contributed by atoms with Gasteiger partial charge in [0.05, 0.1) is 36.8 Å². The predicted molar refractivity (Wildman–Crippen MR) is 177 cm³/mol. The molecule has 1 amide bonds. The summed E-state index contributed by atoms with van der Waals surface area (Å²) in [6.45, 7) is 3.20. The van der Waals surface area contributed by atoms with Crippen LogP contribution in [0.15, 0.2) is 109 Å². The molecule has 0 unspecified atom stereocenters. The Hall–Kier alpha value is -4.77. The van der Waals surface area contributed by atoms with E-state index in [-0.39, 0.29) is 5.91 Å². The number of aromatic nitrogens is 2. The number of nitrogens with one attached hydrogen (secondary N) is 1. The Morgan fingerprint density at radius 2 is 1.36 bits per heavy atom. The van der Waals surface area contributed by atoms with E-state index >= 15 is 0 Å². The molecule has 47 heavy (non-hydrogen) atoms. The van der Waals surface area contributed by atoms with Crippen molar-refractivity contribution in [3.05, 3.63) is 126 Å². The fourth-order valence-corrected chi connectivity index (χ4v) is 5.11. The molecular formula is C37H37F3N4O3. The zero-order chi connectivity index (χ0) is 33.1. The average molecular weight is 643 g/mol. The number of rotatable bonds is 15. The Morgan fingerprint density at radius 1 is 0.745 bits per heavy atom. The second kappa shape index (κ2) is 16.2. The Balaban J connectivity index is 1.39. The third-order valence-electron chi connectivity index (χ3n) is 7.49. The van der Waals surface area contributed by atoms with Crippen LogP contribution in [0.4, 0.5) is 13.2 Å². The van der Waals surface area contributed by atoms with Crippen LogP contribution in [-0.2, 0) is 22.2 Å². The van der Waals surface area contributed by atoms with E-state index in [0.717, 1.165) is 40.9 Å². The molecule has 5 aromatic rings. The summed E-state index contributed by atoms with van der Waals surface area (Å²) in [6.07, 6.45) is -3.64. The number of carbonyl (C=O) groups excluding carboxylic acids is 1. The van der Waals surface area contributed by atoms with Crippen molar-refractivity contribution in [3.63, 3.8) is 0 Å². The van der Waals surface area contributed by atoms with Gasteiger partial charge in [-0.15, -0.1) is 0 Å². The molecule has 0 aliphatic rings. The molecule has 10 heteroatoms. The lowest BCUT2D eigenvalue weighted by Crippen LogP contribution is -2.27. The molecule has 0 aliphatic carbocycles. The zero-order valence-corrected chi connectivity index (χ0v) is 25.9. The zero-order valence-electron chi connectivity index (χ0n) is 25.9. The van der Waals surface area contributed by atoms with Crippen LogP contribution < -0.4 is 11.1 Å². The summed E-state index contributed by atoms with van der Waals surface area (Å²) in [7, 11) is 0. The van der Waals surface area contributed by atoms with E-state index in [1.807, 2.05) is 77.4 Å². The van der Waals surface area contributed by atoms with Crippen LogP contribution in [0.25, 0.3) is 33.9 Å². The first-order chi connectivity index (χ1) is 22.8. The van der Waals surface area contributed by atoms with Crippen LogP contribution in [0.3, 0.4) is 0 Å². The van der Waals surface area contributed by atoms with E-state index in [1.165, 1.54) is 12.1 Å². The number of nitrogens with zero attached hydrogens (tertiary/aromatic N) is 2. The molecule has 0 spiro atoms. The highest BCUT2D eigenvalue weighted by molar-refractivity contribution is 5.94. The molecule has 0 saturated heterocycles. The number of benzene rings is 4. The second-order valence-corrected chi connectivity index (χ2v) is 10.8. The molecule has 0 radical (unpaired) electrons. The van der Waals surface area contributed by atoms with Crippen LogP contribution >= 0.6 is 0 Å². The predicted octanol–water partition coefficient (Wildman–Crippen LogP) is 7.06. The molecule has 0 atom stereocenters.